The third-order valence-corrected chi connectivity index (χ3v) is 4.68. The van der Waals surface area contributed by atoms with Gasteiger partial charge in [0, 0.05) is 13.1 Å². The van der Waals surface area contributed by atoms with Crippen molar-refractivity contribution in [1.29, 1.82) is 0 Å². The van der Waals surface area contributed by atoms with Gasteiger partial charge in [0.25, 0.3) is 0 Å². The van der Waals surface area contributed by atoms with Crippen LogP contribution in [-0.4, -0.2) is 24.5 Å². The molecule has 1 heteroatoms. The second-order valence-corrected chi connectivity index (χ2v) is 7.94. The molecule has 0 N–H and O–H groups in total. The molecule has 1 nitrogen and oxygen atoms in total. The highest BCUT2D eigenvalue weighted by molar-refractivity contribution is 4.91. The van der Waals surface area contributed by atoms with Crippen molar-refractivity contribution in [3.63, 3.8) is 0 Å². The molecule has 2 rings (SSSR count). The van der Waals surface area contributed by atoms with Gasteiger partial charge in [0.05, 0.1) is 0 Å². The van der Waals surface area contributed by atoms with Crippen molar-refractivity contribution in [2.45, 2.75) is 72.1 Å². The van der Waals surface area contributed by atoms with Crippen LogP contribution >= 0.6 is 0 Å². The smallest absolute Gasteiger partial charge is 0.00247 e. The molecule has 0 aromatic carbocycles. The van der Waals surface area contributed by atoms with Crippen LogP contribution in [0.1, 0.15) is 72.1 Å². The fourth-order valence-corrected chi connectivity index (χ4v) is 3.18. The van der Waals surface area contributed by atoms with Gasteiger partial charge in [-0.05, 0) is 49.5 Å². The highest BCUT2D eigenvalue weighted by Gasteiger charge is 2.38. The number of rotatable bonds is 8. The molecule has 1 heterocycles. The van der Waals surface area contributed by atoms with E-state index in [1.807, 2.05) is 0 Å². The van der Waals surface area contributed by atoms with Crippen LogP contribution in [0.25, 0.3) is 0 Å². The molecule has 0 unspecified atom stereocenters. The van der Waals surface area contributed by atoms with Crippen LogP contribution in [0, 0.1) is 17.3 Å². The van der Waals surface area contributed by atoms with E-state index in [0.717, 1.165) is 11.8 Å². The first kappa shape index (κ1) is 14.4. The fraction of sp³-hybridized carbons (Fsp3) is 1.00. The molecule has 1 aliphatic heterocycles. The fourth-order valence-electron chi connectivity index (χ4n) is 3.18. The maximum absolute atomic E-state index is 2.68. The van der Waals surface area contributed by atoms with Crippen molar-refractivity contribution in [2.24, 2.45) is 17.3 Å². The van der Waals surface area contributed by atoms with E-state index in [1.54, 1.807) is 0 Å². The molecule has 1 saturated carbocycles. The van der Waals surface area contributed by atoms with Gasteiger partial charge >= 0.3 is 0 Å². The SMILES string of the molecule is CC(C)(C)CCCCCCCN1CC(C2CC2)C1. The lowest BCUT2D eigenvalue weighted by Crippen LogP contribution is -2.47. The average Bonchev–Trinajstić information content (AvgIpc) is 3.01. The van der Waals surface area contributed by atoms with Crippen molar-refractivity contribution < 1.29 is 0 Å². The number of nitrogens with zero attached hydrogens (tertiary/aromatic N) is 1. The Hall–Kier alpha value is -0.0400. The van der Waals surface area contributed by atoms with E-state index >= 15 is 0 Å². The predicted molar refractivity (Wildman–Crippen MR) is 79.8 cm³/mol. The standard InChI is InChI=1S/C17H33N/c1-17(2,3)11-7-5-4-6-8-12-18-13-16(14-18)15-9-10-15/h15-16H,4-14H2,1-3H3. The normalized spacial score (nSPS) is 22.2. The quantitative estimate of drug-likeness (QED) is 0.564. The summed E-state index contributed by atoms with van der Waals surface area (Å²) in [5, 5.41) is 0. The Morgan fingerprint density at radius 2 is 1.44 bits per heavy atom. The summed E-state index contributed by atoms with van der Waals surface area (Å²) in [6.45, 7) is 11.3. The Labute approximate surface area is 114 Å². The van der Waals surface area contributed by atoms with Crippen LogP contribution in [0.4, 0.5) is 0 Å². The molecule has 1 aliphatic carbocycles. The number of hydrogen-bond donors (Lipinski definition) is 0. The molecule has 1 saturated heterocycles. The maximum Gasteiger partial charge on any atom is 0.00247 e. The third kappa shape index (κ3) is 5.30. The molecule has 0 atom stereocenters. The zero-order valence-electron chi connectivity index (χ0n) is 12.9. The summed E-state index contributed by atoms with van der Waals surface area (Å²) in [7, 11) is 0. The number of hydrogen-bond acceptors (Lipinski definition) is 1. The monoisotopic (exact) mass is 251 g/mol. The van der Waals surface area contributed by atoms with E-state index in [9.17, 15) is 0 Å². The summed E-state index contributed by atoms with van der Waals surface area (Å²) in [6, 6.07) is 0. The van der Waals surface area contributed by atoms with E-state index in [1.165, 1.54) is 71.0 Å². The van der Waals surface area contributed by atoms with Crippen LogP contribution < -0.4 is 0 Å². The second-order valence-electron chi connectivity index (χ2n) is 7.94. The molecule has 2 aliphatic rings. The lowest BCUT2D eigenvalue weighted by Gasteiger charge is -2.39. The number of unbranched alkanes of at least 4 members (excludes halogenated alkanes) is 4. The summed E-state index contributed by atoms with van der Waals surface area (Å²) in [4.78, 5) is 2.68. The van der Waals surface area contributed by atoms with Crippen molar-refractivity contribution in [1.82, 2.24) is 4.90 Å². The molecule has 0 radical (unpaired) electrons. The van der Waals surface area contributed by atoms with Crippen molar-refractivity contribution in [3.05, 3.63) is 0 Å². The largest absolute Gasteiger partial charge is 0.303 e. The highest BCUT2D eigenvalue weighted by atomic mass is 15.2. The van der Waals surface area contributed by atoms with E-state index in [0.29, 0.717) is 5.41 Å². The minimum Gasteiger partial charge on any atom is -0.303 e. The first-order valence-electron chi connectivity index (χ1n) is 8.27. The van der Waals surface area contributed by atoms with E-state index in [-0.39, 0.29) is 0 Å². The van der Waals surface area contributed by atoms with E-state index in [4.69, 9.17) is 0 Å². The Morgan fingerprint density at radius 1 is 0.833 bits per heavy atom. The van der Waals surface area contributed by atoms with Gasteiger partial charge in [-0.2, -0.15) is 0 Å². The lowest BCUT2D eigenvalue weighted by molar-refractivity contribution is 0.0834. The molecule has 2 fully saturated rings. The highest BCUT2D eigenvalue weighted by Crippen LogP contribution is 2.41. The Kier molecular flexibility index (Phi) is 5.12. The zero-order chi connectivity index (χ0) is 13.0. The van der Waals surface area contributed by atoms with Crippen molar-refractivity contribution in [2.75, 3.05) is 19.6 Å². The Morgan fingerprint density at radius 3 is 2.06 bits per heavy atom. The molecular formula is C17H33N. The summed E-state index contributed by atoms with van der Waals surface area (Å²) in [5.74, 6) is 2.23. The van der Waals surface area contributed by atoms with Gasteiger partial charge in [-0.1, -0.05) is 46.5 Å². The van der Waals surface area contributed by atoms with Crippen molar-refractivity contribution >= 4 is 0 Å². The second kappa shape index (κ2) is 6.41. The van der Waals surface area contributed by atoms with E-state index < -0.39 is 0 Å². The Balaban J connectivity index is 1.34. The maximum atomic E-state index is 2.68. The average molecular weight is 251 g/mol. The zero-order valence-corrected chi connectivity index (χ0v) is 12.9. The van der Waals surface area contributed by atoms with Gasteiger partial charge in [-0.15, -0.1) is 0 Å². The van der Waals surface area contributed by atoms with Crippen LogP contribution in [0.5, 0.6) is 0 Å². The predicted octanol–water partition coefficient (Wildman–Crippen LogP) is 4.71. The van der Waals surface area contributed by atoms with Crippen molar-refractivity contribution in [3.8, 4) is 0 Å². The molecule has 0 aromatic rings. The Bertz CT molecular complexity index is 230. The topological polar surface area (TPSA) is 3.24 Å². The van der Waals surface area contributed by atoms with Gasteiger partial charge in [0.15, 0.2) is 0 Å². The van der Waals surface area contributed by atoms with Gasteiger partial charge in [0.2, 0.25) is 0 Å². The van der Waals surface area contributed by atoms with Crippen LogP contribution in [-0.2, 0) is 0 Å². The first-order valence-corrected chi connectivity index (χ1v) is 8.27. The molecule has 0 amide bonds. The van der Waals surface area contributed by atoms with Crippen LogP contribution in [0.3, 0.4) is 0 Å². The molecule has 0 aromatic heterocycles. The summed E-state index contributed by atoms with van der Waals surface area (Å²) in [5.41, 5.74) is 0.537. The summed E-state index contributed by atoms with van der Waals surface area (Å²) < 4.78 is 0. The lowest BCUT2D eigenvalue weighted by atomic mass is 9.89. The van der Waals surface area contributed by atoms with Crippen LogP contribution in [0.2, 0.25) is 0 Å². The molecule has 18 heavy (non-hydrogen) atoms. The first-order chi connectivity index (χ1) is 8.54. The molecule has 106 valence electrons. The summed E-state index contributed by atoms with van der Waals surface area (Å²) >= 11 is 0. The molecular weight excluding hydrogens is 218 g/mol. The molecule has 0 bridgehead atoms. The minimum absolute atomic E-state index is 0.537. The number of likely N-dealkylation sites (tertiary alicyclic amines) is 1. The van der Waals surface area contributed by atoms with Gasteiger partial charge in [0.1, 0.15) is 0 Å². The van der Waals surface area contributed by atoms with E-state index in [2.05, 4.69) is 25.7 Å². The molecule has 0 spiro atoms. The third-order valence-electron chi connectivity index (χ3n) is 4.68. The van der Waals surface area contributed by atoms with Gasteiger partial charge in [-0.3, -0.25) is 0 Å². The van der Waals surface area contributed by atoms with Gasteiger partial charge in [-0.25, -0.2) is 0 Å². The van der Waals surface area contributed by atoms with Crippen LogP contribution in [0.15, 0.2) is 0 Å². The van der Waals surface area contributed by atoms with Gasteiger partial charge < -0.3 is 4.90 Å². The minimum atomic E-state index is 0.537. The summed E-state index contributed by atoms with van der Waals surface area (Å²) in [6.07, 6.45) is 11.7.